The lowest BCUT2D eigenvalue weighted by Crippen LogP contribution is -2.33. The van der Waals surface area contributed by atoms with Gasteiger partial charge in [-0.15, -0.1) is 23.5 Å². The molecule has 0 radical (unpaired) electrons. The molecule has 2 amide bonds. The Balaban J connectivity index is 2.18. The largest absolute Gasteiger partial charge is 0.496 e. The molecular weight excluding hydrogens is 438 g/mol. The zero-order valence-electron chi connectivity index (χ0n) is 20.4. The second-order valence-corrected chi connectivity index (χ2v) is 9.70. The Kier molecular flexibility index (Phi) is 10.7. The van der Waals surface area contributed by atoms with Gasteiger partial charge in [0.1, 0.15) is 10.8 Å². The summed E-state index contributed by atoms with van der Waals surface area (Å²) in [4.78, 5) is 18.5. The van der Waals surface area contributed by atoms with Crippen molar-refractivity contribution >= 4 is 35.2 Å². The lowest BCUT2D eigenvalue weighted by Gasteiger charge is -2.22. The first-order valence-electron chi connectivity index (χ1n) is 11.1. The molecule has 32 heavy (non-hydrogen) atoms. The number of hydrogen-bond donors (Lipinski definition) is 2. The molecule has 0 fully saturated rings. The van der Waals surface area contributed by atoms with Gasteiger partial charge in [0.15, 0.2) is 0 Å². The van der Waals surface area contributed by atoms with E-state index in [4.69, 9.17) is 4.74 Å². The number of aryl methyl sites for hydroxylation is 3. The van der Waals surface area contributed by atoms with Gasteiger partial charge < -0.3 is 15.4 Å². The third-order valence-electron chi connectivity index (χ3n) is 5.62. The normalized spacial score (nSPS) is 11.8. The Morgan fingerprint density at radius 2 is 1.84 bits per heavy atom. The Labute approximate surface area is 201 Å². The predicted molar refractivity (Wildman–Crippen MR) is 139 cm³/mol. The van der Waals surface area contributed by atoms with Gasteiger partial charge in [-0.25, -0.2) is 9.78 Å². The van der Waals surface area contributed by atoms with E-state index in [9.17, 15) is 4.79 Å². The van der Waals surface area contributed by atoms with Crippen molar-refractivity contribution in [3.05, 3.63) is 40.6 Å². The van der Waals surface area contributed by atoms with Crippen LogP contribution >= 0.6 is 23.5 Å². The van der Waals surface area contributed by atoms with Crippen molar-refractivity contribution in [2.45, 2.75) is 69.2 Å². The molecule has 2 aromatic rings. The van der Waals surface area contributed by atoms with E-state index in [0.29, 0.717) is 6.54 Å². The fourth-order valence-corrected chi connectivity index (χ4v) is 5.20. The number of rotatable bonds is 11. The number of methoxy groups -OCH3 is 1. The monoisotopic (exact) mass is 475 g/mol. The molecule has 0 aliphatic carbocycles. The van der Waals surface area contributed by atoms with E-state index in [1.165, 1.54) is 24.0 Å². The number of pyridine rings is 1. The molecule has 7 heteroatoms. The van der Waals surface area contributed by atoms with E-state index in [1.807, 2.05) is 25.5 Å². The van der Waals surface area contributed by atoms with E-state index in [-0.39, 0.29) is 11.9 Å². The number of benzene rings is 1. The molecule has 1 heterocycles. The van der Waals surface area contributed by atoms with Crippen LogP contribution in [0.4, 0.5) is 10.5 Å². The van der Waals surface area contributed by atoms with Crippen LogP contribution in [0.2, 0.25) is 0 Å². The molecule has 1 atom stereocenters. The summed E-state index contributed by atoms with van der Waals surface area (Å²) in [6, 6.07) is 6.14. The van der Waals surface area contributed by atoms with Crippen LogP contribution in [-0.2, 0) is 0 Å². The Hall–Kier alpha value is -1.86. The summed E-state index contributed by atoms with van der Waals surface area (Å²) in [5.41, 5.74) is 5.34. The minimum absolute atomic E-state index is 0.190. The number of nitrogens with zero attached hydrogens (tertiary/aromatic N) is 1. The van der Waals surface area contributed by atoms with Crippen molar-refractivity contribution in [1.82, 2.24) is 10.3 Å². The van der Waals surface area contributed by atoms with Gasteiger partial charge in [-0.3, -0.25) is 0 Å². The molecule has 0 bridgehead atoms. The maximum absolute atomic E-state index is 12.9. The van der Waals surface area contributed by atoms with Gasteiger partial charge in [-0.05, 0) is 68.5 Å². The molecule has 1 aromatic heterocycles. The molecule has 0 saturated carbocycles. The van der Waals surface area contributed by atoms with Crippen molar-refractivity contribution in [3.8, 4) is 5.75 Å². The number of thioether (sulfide) groups is 2. The topological polar surface area (TPSA) is 63.2 Å². The highest BCUT2D eigenvalue weighted by Crippen LogP contribution is 2.34. The van der Waals surface area contributed by atoms with Crippen LogP contribution in [0, 0.1) is 20.8 Å². The first kappa shape index (κ1) is 26.4. The van der Waals surface area contributed by atoms with Gasteiger partial charge in [-0.1, -0.05) is 32.3 Å². The number of carbonyl (C=O) groups is 1. The number of unbranched alkanes of at least 4 members (excludes halogenated alkanes) is 2. The minimum Gasteiger partial charge on any atom is -0.496 e. The second kappa shape index (κ2) is 13.0. The van der Waals surface area contributed by atoms with Crippen LogP contribution in [0.15, 0.2) is 28.1 Å². The molecule has 2 N–H and O–H groups in total. The molecule has 176 valence electrons. The fourth-order valence-electron chi connectivity index (χ4n) is 3.89. The first-order chi connectivity index (χ1) is 15.3. The van der Waals surface area contributed by atoms with Crippen molar-refractivity contribution in [2.75, 3.05) is 31.5 Å². The highest BCUT2D eigenvalue weighted by atomic mass is 32.2. The standard InChI is InChI=1S/C25H37N3O2S2/c1-8-9-10-11-19(20-12-17(3)21(30-5)13-16(20)2)15-26-25(29)28-23-22(31-6)14-18(4)27-24(23)32-7/h12-14,19H,8-11,15H2,1-7H3,(H2,26,28,29). The van der Waals surface area contributed by atoms with Crippen molar-refractivity contribution < 1.29 is 9.53 Å². The van der Waals surface area contributed by atoms with E-state index in [1.54, 1.807) is 30.6 Å². The zero-order chi connectivity index (χ0) is 23.7. The number of carbonyl (C=O) groups excluding carboxylic acids is 1. The number of ether oxygens (including phenoxy) is 1. The number of amides is 2. The Morgan fingerprint density at radius 1 is 1.09 bits per heavy atom. The maximum atomic E-state index is 12.9. The molecule has 0 aliphatic heterocycles. The third-order valence-corrected chi connectivity index (χ3v) is 7.06. The summed E-state index contributed by atoms with van der Waals surface area (Å²) in [6.45, 7) is 8.97. The number of urea groups is 1. The highest BCUT2D eigenvalue weighted by molar-refractivity contribution is 7.99. The van der Waals surface area contributed by atoms with Crippen LogP contribution in [0.25, 0.3) is 0 Å². The molecule has 1 aromatic carbocycles. The average Bonchev–Trinajstić information content (AvgIpc) is 2.78. The number of nitrogens with one attached hydrogen (secondary N) is 2. The quantitative estimate of drug-likeness (QED) is 0.272. The summed E-state index contributed by atoms with van der Waals surface area (Å²) in [5.74, 6) is 1.17. The summed E-state index contributed by atoms with van der Waals surface area (Å²) in [7, 11) is 1.71. The number of hydrogen-bond acceptors (Lipinski definition) is 5. The Morgan fingerprint density at radius 3 is 2.47 bits per heavy atom. The van der Waals surface area contributed by atoms with Crippen LogP contribution < -0.4 is 15.4 Å². The molecule has 5 nitrogen and oxygen atoms in total. The summed E-state index contributed by atoms with van der Waals surface area (Å²) in [5, 5.41) is 7.01. The van der Waals surface area contributed by atoms with Crippen LogP contribution in [0.5, 0.6) is 5.75 Å². The van der Waals surface area contributed by atoms with Gasteiger partial charge in [0.25, 0.3) is 0 Å². The Bertz CT molecular complexity index is 893. The second-order valence-electron chi connectivity index (χ2n) is 8.06. The summed E-state index contributed by atoms with van der Waals surface area (Å²) in [6.07, 6.45) is 8.55. The maximum Gasteiger partial charge on any atom is 0.319 e. The third kappa shape index (κ3) is 7.07. The highest BCUT2D eigenvalue weighted by Gasteiger charge is 2.18. The number of aromatic nitrogens is 1. The van der Waals surface area contributed by atoms with E-state index >= 15 is 0 Å². The van der Waals surface area contributed by atoms with Gasteiger partial charge >= 0.3 is 6.03 Å². The van der Waals surface area contributed by atoms with Crippen LogP contribution in [0.3, 0.4) is 0 Å². The van der Waals surface area contributed by atoms with E-state index in [2.05, 4.69) is 48.5 Å². The smallest absolute Gasteiger partial charge is 0.319 e. The van der Waals surface area contributed by atoms with Gasteiger partial charge in [0.05, 0.1) is 12.8 Å². The van der Waals surface area contributed by atoms with Gasteiger partial charge in [-0.2, -0.15) is 0 Å². The first-order valence-corrected chi connectivity index (χ1v) is 13.6. The molecule has 1 unspecified atom stereocenters. The van der Waals surface area contributed by atoms with Crippen LogP contribution in [0.1, 0.15) is 60.9 Å². The van der Waals surface area contributed by atoms with Crippen LogP contribution in [-0.4, -0.2) is 37.2 Å². The lowest BCUT2D eigenvalue weighted by molar-refractivity contribution is 0.251. The zero-order valence-corrected chi connectivity index (χ0v) is 22.1. The van der Waals surface area contributed by atoms with Crippen molar-refractivity contribution in [1.29, 1.82) is 0 Å². The van der Waals surface area contributed by atoms with E-state index < -0.39 is 0 Å². The minimum atomic E-state index is -0.190. The van der Waals surface area contributed by atoms with Crippen molar-refractivity contribution in [2.24, 2.45) is 0 Å². The fraction of sp³-hybridized carbons (Fsp3) is 0.520. The molecule has 2 rings (SSSR count). The molecular formula is C25H37N3O2S2. The summed E-state index contributed by atoms with van der Waals surface area (Å²) < 4.78 is 5.49. The number of anilines is 1. The SMILES string of the molecule is CCCCCC(CNC(=O)Nc1c(SC)cc(C)nc1SC)c1cc(C)c(OC)cc1C. The van der Waals surface area contributed by atoms with Crippen molar-refractivity contribution in [3.63, 3.8) is 0 Å². The van der Waals surface area contributed by atoms with E-state index in [0.717, 1.165) is 45.5 Å². The molecule has 0 aliphatic rings. The lowest BCUT2D eigenvalue weighted by atomic mass is 9.88. The van der Waals surface area contributed by atoms with Gasteiger partial charge in [0.2, 0.25) is 0 Å². The summed E-state index contributed by atoms with van der Waals surface area (Å²) >= 11 is 3.16. The molecule has 0 spiro atoms. The average molecular weight is 476 g/mol. The molecule has 0 saturated heterocycles. The van der Waals surface area contributed by atoms with Gasteiger partial charge in [0, 0.05) is 23.1 Å². The predicted octanol–water partition coefficient (Wildman–Crippen LogP) is 6.94.